The minimum Gasteiger partial charge on any atom is -0.472 e. The van der Waals surface area contributed by atoms with E-state index < -0.39 is 29.4 Å². The number of ether oxygens (including phenoxy) is 2. The highest BCUT2D eigenvalue weighted by molar-refractivity contribution is 5.74. The zero-order valence-corrected chi connectivity index (χ0v) is 14.8. The lowest BCUT2D eigenvalue weighted by Crippen LogP contribution is -2.50. The molecule has 1 rings (SSSR count). The van der Waals surface area contributed by atoms with Crippen LogP contribution in [0.15, 0.2) is 23.0 Å². The Morgan fingerprint density at radius 2 is 1.70 bits per heavy atom. The first-order chi connectivity index (χ1) is 10.4. The summed E-state index contributed by atoms with van der Waals surface area (Å²) >= 11 is 0. The smallest absolute Gasteiger partial charge is 0.429 e. The third kappa shape index (κ3) is 6.63. The van der Waals surface area contributed by atoms with E-state index in [0.717, 1.165) is 5.01 Å². The van der Waals surface area contributed by atoms with Crippen molar-refractivity contribution in [2.75, 3.05) is 0 Å². The van der Waals surface area contributed by atoms with Gasteiger partial charge in [0.05, 0.1) is 18.6 Å². The molecule has 1 unspecified atom stereocenters. The minimum absolute atomic E-state index is 0.490. The van der Waals surface area contributed by atoms with Crippen LogP contribution in [0.1, 0.15) is 60.1 Å². The summed E-state index contributed by atoms with van der Waals surface area (Å²) in [6.07, 6.45) is 1.57. The second-order valence-corrected chi connectivity index (χ2v) is 7.20. The lowest BCUT2D eigenvalue weighted by Gasteiger charge is -2.32. The molecule has 1 aromatic rings. The molecular weight excluding hydrogens is 300 g/mol. The van der Waals surface area contributed by atoms with Crippen molar-refractivity contribution in [3.05, 3.63) is 24.2 Å². The van der Waals surface area contributed by atoms with Gasteiger partial charge in [0.2, 0.25) is 0 Å². The van der Waals surface area contributed by atoms with Crippen LogP contribution in [0.25, 0.3) is 0 Å². The SMILES string of the molecule is CC(c1ccoc1)N(NC(=O)OC(C)(C)C)C(=O)OC(C)(C)C. The van der Waals surface area contributed by atoms with Crippen molar-refractivity contribution in [1.29, 1.82) is 0 Å². The van der Waals surface area contributed by atoms with Crippen LogP contribution in [0.2, 0.25) is 0 Å². The molecule has 0 aliphatic carbocycles. The van der Waals surface area contributed by atoms with Crippen molar-refractivity contribution in [1.82, 2.24) is 10.4 Å². The molecule has 0 aromatic carbocycles. The van der Waals surface area contributed by atoms with E-state index in [0.29, 0.717) is 5.56 Å². The predicted molar refractivity (Wildman–Crippen MR) is 84.6 cm³/mol. The van der Waals surface area contributed by atoms with E-state index >= 15 is 0 Å². The summed E-state index contributed by atoms with van der Waals surface area (Å²) in [5.41, 5.74) is 1.78. The van der Waals surface area contributed by atoms with Gasteiger partial charge in [-0.1, -0.05) is 0 Å². The first-order valence-corrected chi connectivity index (χ1v) is 7.43. The zero-order chi connectivity index (χ0) is 17.8. The molecule has 23 heavy (non-hydrogen) atoms. The monoisotopic (exact) mass is 326 g/mol. The summed E-state index contributed by atoms with van der Waals surface area (Å²) in [4.78, 5) is 24.4. The molecule has 0 aliphatic heterocycles. The number of nitrogens with one attached hydrogen (secondary N) is 1. The molecule has 2 amide bonds. The van der Waals surface area contributed by atoms with Crippen LogP contribution in [-0.4, -0.2) is 28.4 Å². The van der Waals surface area contributed by atoms with Gasteiger partial charge < -0.3 is 13.9 Å². The minimum atomic E-state index is -0.737. The molecule has 130 valence electrons. The van der Waals surface area contributed by atoms with Gasteiger partial charge in [-0.05, 0) is 54.5 Å². The molecule has 7 heteroatoms. The fourth-order valence-electron chi connectivity index (χ4n) is 1.67. The van der Waals surface area contributed by atoms with E-state index in [1.54, 1.807) is 54.5 Å². The summed E-state index contributed by atoms with van der Waals surface area (Å²) in [5, 5.41) is 1.09. The Balaban J connectivity index is 2.92. The van der Waals surface area contributed by atoms with Crippen molar-refractivity contribution in [2.45, 2.75) is 65.7 Å². The lowest BCUT2D eigenvalue weighted by atomic mass is 10.2. The largest absolute Gasteiger partial charge is 0.472 e. The second-order valence-electron chi connectivity index (χ2n) is 7.20. The highest BCUT2D eigenvalue weighted by Crippen LogP contribution is 2.22. The molecular formula is C16H26N2O5. The summed E-state index contributed by atoms with van der Waals surface area (Å²) in [5.74, 6) is 0. The van der Waals surface area contributed by atoms with E-state index in [4.69, 9.17) is 13.9 Å². The number of carbonyl (C=O) groups excluding carboxylic acids is 2. The first kappa shape index (κ1) is 18.9. The molecule has 1 heterocycles. The van der Waals surface area contributed by atoms with Crippen molar-refractivity contribution >= 4 is 12.2 Å². The molecule has 0 saturated carbocycles. The van der Waals surface area contributed by atoms with Crippen LogP contribution >= 0.6 is 0 Å². The van der Waals surface area contributed by atoms with Crippen LogP contribution in [0.3, 0.4) is 0 Å². The van der Waals surface area contributed by atoms with E-state index in [9.17, 15) is 9.59 Å². The molecule has 0 bridgehead atoms. The number of rotatable bonds is 2. The average Bonchev–Trinajstić information content (AvgIpc) is 2.84. The van der Waals surface area contributed by atoms with Gasteiger partial charge in [-0.25, -0.2) is 20.0 Å². The summed E-state index contributed by atoms with van der Waals surface area (Å²) < 4.78 is 15.6. The third-order valence-corrected chi connectivity index (χ3v) is 2.61. The molecule has 7 nitrogen and oxygen atoms in total. The maximum absolute atomic E-state index is 12.4. The Morgan fingerprint density at radius 3 is 2.13 bits per heavy atom. The molecule has 1 N–H and O–H groups in total. The van der Waals surface area contributed by atoms with Crippen molar-refractivity contribution < 1.29 is 23.5 Å². The number of amides is 2. The van der Waals surface area contributed by atoms with Gasteiger partial charge >= 0.3 is 12.2 Å². The number of hydrogen-bond acceptors (Lipinski definition) is 5. The van der Waals surface area contributed by atoms with Gasteiger partial charge in [-0.15, -0.1) is 0 Å². The Hall–Kier alpha value is -2.18. The van der Waals surface area contributed by atoms with Gasteiger partial charge in [0, 0.05) is 5.56 Å². The maximum atomic E-state index is 12.4. The van der Waals surface area contributed by atoms with E-state index in [2.05, 4.69) is 5.43 Å². The predicted octanol–water partition coefficient (Wildman–Crippen LogP) is 4.02. The first-order valence-electron chi connectivity index (χ1n) is 7.43. The Morgan fingerprint density at radius 1 is 1.13 bits per heavy atom. The van der Waals surface area contributed by atoms with Gasteiger partial charge in [0.25, 0.3) is 0 Å². The number of nitrogens with zero attached hydrogens (tertiary/aromatic N) is 1. The Kier molecular flexibility index (Phi) is 5.69. The molecule has 1 aromatic heterocycles. The summed E-state index contributed by atoms with van der Waals surface area (Å²) in [6, 6.07) is 1.22. The third-order valence-electron chi connectivity index (χ3n) is 2.61. The molecule has 0 aliphatic rings. The lowest BCUT2D eigenvalue weighted by molar-refractivity contribution is -0.00809. The van der Waals surface area contributed by atoms with Crippen LogP contribution in [0.4, 0.5) is 9.59 Å². The van der Waals surface area contributed by atoms with E-state index in [1.165, 1.54) is 12.5 Å². The van der Waals surface area contributed by atoms with Crippen LogP contribution in [-0.2, 0) is 9.47 Å². The maximum Gasteiger partial charge on any atom is 0.429 e. The molecule has 1 atom stereocenters. The van der Waals surface area contributed by atoms with Crippen LogP contribution in [0.5, 0.6) is 0 Å². The Bertz CT molecular complexity index is 526. The number of hydrazine groups is 1. The highest BCUT2D eigenvalue weighted by Gasteiger charge is 2.30. The topological polar surface area (TPSA) is 81.0 Å². The fourth-order valence-corrected chi connectivity index (χ4v) is 1.67. The summed E-state index contributed by atoms with van der Waals surface area (Å²) in [6.45, 7) is 12.2. The highest BCUT2D eigenvalue weighted by atomic mass is 16.6. The van der Waals surface area contributed by atoms with Gasteiger partial charge in [0.15, 0.2) is 0 Å². The molecule has 0 radical (unpaired) electrons. The van der Waals surface area contributed by atoms with Gasteiger partial charge in [-0.2, -0.15) is 0 Å². The van der Waals surface area contributed by atoms with Gasteiger partial charge in [-0.3, -0.25) is 0 Å². The second kappa shape index (κ2) is 6.93. The van der Waals surface area contributed by atoms with E-state index in [1.807, 2.05) is 0 Å². The average molecular weight is 326 g/mol. The van der Waals surface area contributed by atoms with Crippen LogP contribution in [0, 0.1) is 0 Å². The Labute approximate surface area is 136 Å². The molecule has 0 fully saturated rings. The van der Waals surface area contributed by atoms with Crippen molar-refractivity contribution in [3.63, 3.8) is 0 Å². The molecule has 0 spiro atoms. The number of hydrogen-bond donors (Lipinski definition) is 1. The zero-order valence-electron chi connectivity index (χ0n) is 14.8. The van der Waals surface area contributed by atoms with E-state index in [-0.39, 0.29) is 0 Å². The molecule has 0 saturated heterocycles. The van der Waals surface area contributed by atoms with Gasteiger partial charge in [0.1, 0.15) is 11.2 Å². The normalized spacial score (nSPS) is 13.2. The van der Waals surface area contributed by atoms with Crippen molar-refractivity contribution in [2.24, 2.45) is 0 Å². The fraction of sp³-hybridized carbons (Fsp3) is 0.625. The van der Waals surface area contributed by atoms with Crippen molar-refractivity contribution in [3.8, 4) is 0 Å². The number of furan rings is 1. The summed E-state index contributed by atoms with van der Waals surface area (Å²) in [7, 11) is 0. The van der Waals surface area contributed by atoms with Crippen LogP contribution < -0.4 is 5.43 Å². The number of carbonyl (C=O) groups is 2. The standard InChI is InChI=1S/C16H26N2O5/c1-11(12-8-9-21-10-12)18(14(20)23-16(5,6)7)17-13(19)22-15(2,3)4/h8-11H,1-7H3,(H,17,19). The quantitative estimate of drug-likeness (QED) is 0.830.